The molecule has 0 saturated carbocycles. The molecule has 0 spiro atoms. The molecule has 2 saturated heterocycles. The van der Waals surface area contributed by atoms with Gasteiger partial charge in [-0.1, -0.05) is 11.8 Å². The molecule has 3 aliphatic heterocycles. The Bertz CT molecular complexity index is 738. The van der Waals surface area contributed by atoms with Crippen LogP contribution in [0.4, 0.5) is 4.79 Å². The summed E-state index contributed by atoms with van der Waals surface area (Å²) in [7, 11) is 1.69. The number of aromatic nitrogens is 2. The van der Waals surface area contributed by atoms with Gasteiger partial charge in [0.25, 0.3) is 5.91 Å². The SMILES string of the molecule is CN1C(=O)NC(=O)C2C1N=C(N1CCCCC1)N2CCSc1ncccn1. The molecule has 0 bridgehead atoms. The van der Waals surface area contributed by atoms with Crippen molar-refractivity contribution in [1.82, 2.24) is 30.0 Å². The van der Waals surface area contributed by atoms with Crippen molar-refractivity contribution in [2.45, 2.75) is 36.6 Å². The molecule has 3 amide bonds. The zero-order chi connectivity index (χ0) is 18.8. The number of amides is 3. The maximum Gasteiger partial charge on any atom is 0.325 e. The van der Waals surface area contributed by atoms with Crippen molar-refractivity contribution in [3.8, 4) is 0 Å². The molecule has 0 aliphatic carbocycles. The molecule has 27 heavy (non-hydrogen) atoms. The van der Waals surface area contributed by atoms with Crippen LogP contribution in [0.1, 0.15) is 19.3 Å². The van der Waals surface area contributed by atoms with Crippen molar-refractivity contribution in [3.05, 3.63) is 18.5 Å². The zero-order valence-corrected chi connectivity index (χ0v) is 16.1. The van der Waals surface area contributed by atoms with Gasteiger partial charge in [-0.2, -0.15) is 0 Å². The fourth-order valence-electron chi connectivity index (χ4n) is 3.70. The number of carbonyl (C=O) groups is 2. The minimum atomic E-state index is -0.484. The van der Waals surface area contributed by atoms with Crippen molar-refractivity contribution < 1.29 is 9.59 Å². The number of imide groups is 1. The number of nitrogens with zero attached hydrogens (tertiary/aromatic N) is 6. The number of likely N-dealkylation sites (tertiary alicyclic amines) is 1. The topological polar surface area (TPSA) is 94.0 Å². The Labute approximate surface area is 162 Å². The Morgan fingerprint density at radius 3 is 2.67 bits per heavy atom. The number of fused-ring (bicyclic) bond motifs is 1. The Kier molecular flexibility index (Phi) is 5.15. The van der Waals surface area contributed by atoms with E-state index in [2.05, 4.69) is 20.2 Å². The number of nitrogens with one attached hydrogen (secondary N) is 1. The van der Waals surface area contributed by atoms with Crippen LogP contribution in [0, 0.1) is 0 Å². The van der Waals surface area contributed by atoms with Crippen LogP contribution >= 0.6 is 11.8 Å². The summed E-state index contributed by atoms with van der Waals surface area (Å²) in [5, 5.41) is 3.16. The maximum absolute atomic E-state index is 12.6. The van der Waals surface area contributed by atoms with Gasteiger partial charge in [-0.05, 0) is 25.3 Å². The number of rotatable bonds is 4. The molecule has 9 nitrogen and oxygen atoms in total. The van der Waals surface area contributed by atoms with E-state index >= 15 is 0 Å². The second-order valence-corrected chi connectivity index (χ2v) is 7.88. The molecule has 10 heteroatoms. The Morgan fingerprint density at radius 1 is 1.19 bits per heavy atom. The van der Waals surface area contributed by atoms with Crippen LogP contribution in [0.25, 0.3) is 0 Å². The van der Waals surface area contributed by atoms with Gasteiger partial charge in [-0.15, -0.1) is 0 Å². The van der Waals surface area contributed by atoms with Crippen LogP contribution in [-0.2, 0) is 4.79 Å². The van der Waals surface area contributed by atoms with Crippen LogP contribution in [0.3, 0.4) is 0 Å². The molecule has 0 aromatic carbocycles. The van der Waals surface area contributed by atoms with E-state index in [-0.39, 0.29) is 5.91 Å². The number of hydrogen-bond donors (Lipinski definition) is 1. The first-order chi connectivity index (χ1) is 13.1. The molecule has 144 valence electrons. The second-order valence-electron chi connectivity index (χ2n) is 6.81. The number of piperidine rings is 1. The van der Waals surface area contributed by atoms with Gasteiger partial charge in [0.05, 0.1) is 0 Å². The van der Waals surface area contributed by atoms with Gasteiger partial charge in [0.1, 0.15) is 0 Å². The van der Waals surface area contributed by atoms with Crippen LogP contribution in [0.5, 0.6) is 0 Å². The van der Waals surface area contributed by atoms with E-state index in [1.54, 1.807) is 37.3 Å². The van der Waals surface area contributed by atoms with E-state index in [0.29, 0.717) is 11.7 Å². The number of thioether (sulfide) groups is 1. The van der Waals surface area contributed by atoms with E-state index < -0.39 is 18.2 Å². The molecule has 1 N–H and O–H groups in total. The molecule has 4 heterocycles. The fraction of sp³-hybridized carbons (Fsp3) is 0.588. The summed E-state index contributed by atoms with van der Waals surface area (Å²) < 4.78 is 0. The van der Waals surface area contributed by atoms with Crippen LogP contribution in [0.2, 0.25) is 0 Å². The first kappa shape index (κ1) is 18.0. The average molecular weight is 389 g/mol. The maximum atomic E-state index is 12.6. The summed E-state index contributed by atoms with van der Waals surface area (Å²) in [5.74, 6) is 1.28. The molecule has 0 radical (unpaired) electrons. The number of carbonyl (C=O) groups excluding carboxylic acids is 2. The van der Waals surface area contributed by atoms with Crippen LogP contribution < -0.4 is 5.32 Å². The van der Waals surface area contributed by atoms with Gasteiger partial charge >= 0.3 is 6.03 Å². The zero-order valence-electron chi connectivity index (χ0n) is 15.2. The van der Waals surface area contributed by atoms with E-state index in [1.165, 1.54) is 11.3 Å². The van der Waals surface area contributed by atoms with Crippen molar-refractivity contribution in [1.29, 1.82) is 0 Å². The summed E-state index contributed by atoms with van der Waals surface area (Å²) in [5.41, 5.74) is 0. The minimum absolute atomic E-state index is 0.278. The quantitative estimate of drug-likeness (QED) is 0.595. The number of urea groups is 1. The third-order valence-corrected chi connectivity index (χ3v) is 5.94. The Morgan fingerprint density at radius 2 is 1.93 bits per heavy atom. The molecule has 2 unspecified atom stereocenters. The van der Waals surface area contributed by atoms with Crippen LogP contribution in [-0.4, -0.2) is 87.2 Å². The lowest BCUT2D eigenvalue weighted by atomic mass is 10.1. The van der Waals surface area contributed by atoms with E-state index in [9.17, 15) is 9.59 Å². The van der Waals surface area contributed by atoms with Gasteiger partial charge in [0.2, 0.25) is 0 Å². The highest BCUT2D eigenvalue weighted by Crippen LogP contribution is 2.27. The monoisotopic (exact) mass is 389 g/mol. The fourth-order valence-corrected chi connectivity index (χ4v) is 4.44. The highest BCUT2D eigenvalue weighted by molar-refractivity contribution is 7.99. The van der Waals surface area contributed by atoms with Crippen molar-refractivity contribution in [3.63, 3.8) is 0 Å². The van der Waals surface area contributed by atoms with E-state index in [0.717, 1.165) is 37.6 Å². The smallest absolute Gasteiger partial charge is 0.325 e. The largest absolute Gasteiger partial charge is 0.343 e. The van der Waals surface area contributed by atoms with Gasteiger partial charge < -0.3 is 14.7 Å². The van der Waals surface area contributed by atoms with E-state index in [4.69, 9.17) is 4.99 Å². The normalized spacial score (nSPS) is 25.4. The minimum Gasteiger partial charge on any atom is -0.343 e. The first-order valence-corrected chi connectivity index (χ1v) is 10.2. The molecule has 4 rings (SSSR count). The number of likely N-dealkylation sites (N-methyl/N-ethyl adjacent to an activating group) is 1. The van der Waals surface area contributed by atoms with Crippen LogP contribution in [0.15, 0.2) is 28.6 Å². The van der Waals surface area contributed by atoms with Gasteiger partial charge in [0.15, 0.2) is 23.3 Å². The van der Waals surface area contributed by atoms with Crippen molar-refractivity contribution >= 4 is 29.7 Å². The predicted octanol–water partition coefficient (Wildman–Crippen LogP) is 0.603. The summed E-state index contributed by atoms with van der Waals surface area (Å²) in [6.45, 7) is 2.50. The summed E-state index contributed by atoms with van der Waals surface area (Å²) in [6.07, 6.45) is 6.43. The number of hydrogen-bond acceptors (Lipinski definition) is 8. The van der Waals surface area contributed by atoms with Gasteiger partial charge in [-0.25, -0.2) is 19.8 Å². The molecule has 1 aromatic heterocycles. The third-order valence-electron chi connectivity index (χ3n) is 5.08. The Hall–Kier alpha value is -2.36. The van der Waals surface area contributed by atoms with Gasteiger partial charge in [-0.3, -0.25) is 10.1 Å². The van der Waals surface area contributed by atoms with Gasteiger partial charge in [0, 0.05) is 44.8 Å². The summed E-state index contributed by atoms with van der Waals surface area (Å²) >= 11 is 1.55. The Balaban J connectivity index is 1.52. The first-order valence-electron chi connectivity index (χ1n) is 9.22. The molecular weight excluding hydrogens is 366 g/mol. The molecule has 2 atom stereocenters. The van der Waals surface area contributed by atoms with Crippen molar-refractivity contribution in [2.75, 3.05) is 32.4 Å². The molecule has 2 fully saturated rings. The highest BCUT2D eigenvalue weighted by atomic mass is 32.2. The van der Waals surface area contributed by atoms with E-state index in [1.807, 2.05) is 4.90 Å². The molecular formula is C17H23N7O2S. The highest BCUT2D eigenvalue weighted by Gasteiger charge is 2.49. The molecule has 3 aliphatic rings. The lowest BCUT2D eigenvalue weighted by molar-refractivity contribution is -0.127. The average Bonchev–Trinajstić information content (AvgIpc) is 3.08. The van der Waals surface area contributed by atoms with Crippen molar-refractivity contribution in [2.24, 2.45) is 4.99 Å². The lowest BCUT2D eigenvalue weighted by Gasteiger charge is -2.38. The lowest BCUT2D eigenvalue weighted by Crippen LogP contribution is -2.64. The predicted molar refractivity (Wildman–Crippen MR) is 101 cm³/mol. The second kappa shape index (κ2) is 7.71. The molecule has 1 aromatic rings. The summed E-state index contributed by atoms with van der Waals surface area (Å²) in [6, 6.07) is 0.911. The standard InChI is InChI=1S/C17H23N7O2S/c1-22-13-12(14(25)21-17(22)26)24(10-11-27-15-18-6-5-7-19-15)16(20-13)23-8-3-2-4-9-23/h5-7,12-13H,2-4,8-11H2,1H3,(H,21,25,26). The number of guanidine groups is 1. The summed E-state index contributed by atoms with van der Waals surface area (Å²) in [4.78, 5) is 43.7. The number of aliphatic imine (C=N–C) groups is 1. The third kappa shape index (κ3) is 3.58.